The van der Waals surface area contributed by atoms with Crippen molar-refractivity contribution in [1.82, 2.24) is 0 Å². The van der Waals surface area contributed by atoms with E-state index in [4.69, 9.17) is 0 Å². The predicted molar refractivity (Wildman–Crippen MR) is 91.4 cm³/mol. The van der Waals surface area contributed by atoms with Crippen molar-refractivity contribution in [2.45, 2.75) is 37.0 Å². The van der Waals surface area contributed by atoms with Gasteiger partial charge in [0.15, 0.2) is 0 Å². The van der Waals surface area contributed by atoms with Crippen molar-refractivity contribution in [3.05, 3.63) is 77.9 Å². The van der Waals surface area contributed by atoms with Crippen LogP contribution in [0.5, 0.6) is 0 Å². The largest absolute Gasteiger partial charge is 1.00 e. The standard InChI is InChI=1S/C19H22O3S.Na/c1-15(17-9-4-3-5-10-17)7-6-8-16(2)18-11-13-19(14-12-18)23(20,21)22;/h3-7,9-16H,8H2,1-2H3,(H,20,21,22);/q;+1/p-1. The fraction of sp³-hybridized carbons (Fsp3) is 0.263. The molecule has 0 aliphatic rings. The van der Waals surface area contributed by atoms with Crippen molar-refractivity contribution < 1.29 is 42.5 Å². The van der Waals surface area contributed by atoms with Gasteiger partial charge in [0.05, 0.1) is 4.90 Å². The molecular weight excluding hydrogens is 331 g/mol. The van der Waals surface area contributed by atoms with Crippen LogP contribution < -0.4 is 29.6 Å². The quantitative estimate of drug-likeness (QED) is 0.449. The summed E-state index contributed by atoms with van der Waals surface area (Å²) in [6.45, 7) is 4.24. The second-order valence-corrected chi connectivity index (χ2v) is 7.17. The molecule has 0 amide bonds. The van der Waals surface area contributed by atoms with E-state index >= 15 is 0 Å². The Morgan fingerprint density at radius 3 is 2.08 bits per heavy atom. The second-order valence-electron chi connectivity index (χ2n) is 5.79. The first-order valence-corrected chi connectivity index (χ1v) is 9.06. The third-order valence-electron chi connectivity index (χ3n) is 3.98. The van der Waals surface area contributed by atoms with E-state index in [0.717, 1.165) is 12.0 Å². The maximum atomic E-state index is 10.9. The summed E-state index contributed by atoms with van der Waals surface area (Å²) in [4.78, 5) is -0.179. The molecule has 122 valence electrons. The molecule has 0 bridgehead atoms. The molecule has 0 fully saturated rings. The van der Waals surface area contributed by atoms with Crippen LogP contribution in [0.3, 0.4) is 0 Å². The molecular formula is C19H21NaO3S. The Morgan fingerprint density at radius 1 is 0.958 bits per heavy atom. The van der Waals surface area contributed by atoms with Gasteiger partial charge in [-0.3, -0.25) is 0 Å². The molecule has 0 aromatic heterocycles. The van der Waals surface area contributed by atoms with Crippen LogP contribution in [-0.2, 0) is 10.1 Å². The van der Waals surface area contributed by atoms with Crippen LogP contribution in [0.4, 0.5) is 0 Å². The minimum Gasteiger partial charge on any atom is -0.744 e. The summed E-state index contributed by atoms with van der Waals surface area (Å²) >= 11 is 0. The topological polar surface area (TPSA) is 57.2 Å². The van der Waals surface area contributed by atoms with E-state index in [1.54, 1.807) is 12.1 Å². The Balaban J connectivity index is 0.00000288. The van der Waals surface area contributed by atoms with Crippen molar-refractivity contribution in [3.63, 3.8) is 0 Å². The van der Waals surface area contributed by atoms with E-state index < -0.39 is 10.1 Å². The first kappa shape index (κ1) is 21.1. The van der Waals surface area contributed by atoms with Gasteiger partial charge in [0, 0.05) is 0 Å². The van der Waals surface area contributed by atoms with Crippen molar-refractivity contribution in [2.24, 2.45) is 0 Å². The van der Waals surface area contributed by atoms with E-state index in [-0.39, 0.29) is 40.4 Å². The van der Waals surface area contributed by atoms with Crippen molar-refractivity contribution in [2.75, 3.05) is 0 Å². The number of hydrogen-bond acceptors (Lipinski definition) is 3. The van der Waals surface area contributed by atoms with Gasteiger partial charge in [-0.25, -0.2) is 8.42 Å². The zero-order chi connectivity index (χ0) is 16.9. The Kier molecular flexibility index (Phi) is 8.40. The summed E-state index contributed by atoms with van der Waals surface area (Å²) in [5, 5.41) is 0. The van der Waals surface area contributed by atoms with E-state index in [2.05, 4.69) is 38.1 Å². The molecule has 2 atom stereocenters. The average Bonchev–Trinajstić information content (AvgIpc) is 2.54. The minimum atomic E-state index is -4.37. The zero-order valence-electron chi connectivity index (χ0n) is 14.3. The maximum absolute atomic E-state index is 10.9. The van der Waals surface area contributed by atoms with Crippen LogP contribution in [0.2, 0.25) is 0 Å². The molecule has 2 rings (SSSR count). The van der Waals surface area contributed by atoms with Crippen LogP contribution in [0, 0.1) is 0 Å². The smallest absolute Gasteiger partial charge is 0.744 e. The van der Waals surface area contributed by atoms with Crippen molar-refractivity contribution in [3.8, 4) is 0 Å². The van der Waals surface area contributed by atoms with Gasteiger partial charge >= 0.3 is 29.6 Å². The van der Waals surface area contributed by atoms with Crippen molar-refractivity contribution >= 4 is 10.1 Å². The third-order valence-corrected chi connectivity index (χ3v) is 4.83. The molecule has 2 aromatic rings. The average molecular weight is 352 g/mol. The fourth-order valence-corrected chi connectivity index (χ4v) is 2.92. The Bertz CT molecular complexity index is 753. The van der Waals surface area contributed by atoms with Gasteiger partial charge in [-0.2, -0.15) is 0 Å². The van der Waals surface area contributed by atoms with E-state index in [1.807, 2.05) is 18.2 Å². The first-order valence-electron chi connectivity index (χ1n) is 7.65. The van der Waals surface area contributed by atoms with Crippen LogP contribution in [0.1, 0.15) is 43.2 Å². The Hall–Kier alpha value is -0.910. The van der Waals surface area contributed by atoms with Gasteiger partial charge in [-0.05, 0) is 41.5 Å². The predicted octanol–water partition coefficient (Wildman–Crippen LogP) is 1.45. The molecule has 0 saturated carbocycles. The minimum absolute atomic E-state index is 0. The molecule has 0 heterocycles. The van der Waals surface area contributed by atoms with Crippen molar-refractivity contribution in [1.29, 1.82) is 0 Å². The molecule has 2 aromatic carbocycles. The Morgan fingerprint density at radius 2 is 1.54 bits per heavy atom. The first-order chi connectivity index (χ1) is 10.9. The summed E-state index contributed by atoms with van der Waals surface area (Å²) in [6, 6.07) is 16.5. The van der Waals surface area contributed by atoms with E-state index in [0.29, 0.717) is 5.92 Å². The second kappa shape index (κ2) is 9.54. The Labute approximate surface area is 166 Å². The molecule has 0 aliphatic carbocycles. The number of hydrogen-bond donors (Lipinski definition) is 0. The zero-order valence-corrected chi connectivity index (χ0v) is 17.2. The summed E-state index contributed by atoms with van der Waals surface area (Å²) in [6.07, 6.45) is 5.20. The van der Waals surface area contributed by atoms with Gasteiger partial charge in [0.2, 0.25) is 0 Å². The molecule has 3 nitrogen and oxygen atoms in total. The normalized spacial score (nSPS) is 14.1. The molecule has 0 radical (unpaired) electrons. The van der Waals surface area contributed by atoms with E-state index in [9.17, 15) is 13.0 Å². The van der Waals surface area contributed by atoms with Crippen LogP contribution in [-0.4, -0.2) is 13.0 Å². The summed E-state index contributed by atoms with van der Waals surface area (Å²) < 4.78 is 32.8. The SMILES string of the molecule is CC(C=CCC(C)c1ccc(S(=O)(=O)[O-])cc1)c1ccccc1.[Na+]. The fourth-order valence-electron chi connectivity index (χ4n) is 2.45. The summed E-state index contributed by atoms with van der Waals surface area (Å²) in [5.41, 5.74) is 2.30. The van der Waals surface area contributed by atoms with Gasteiger partial charge in [0.25, 0.3) is 0 Å². The van der Waals surface area contributed by atoms with Crippen LogP contribution in [0.15, 0.2) is 71.6 Å². The molecule has 0 N–H and O–H groups in total. The molecule has 0 spiro atoms. The molecule has 0 saturated heterocycles. The molecule has 2 unspecified atom stereocenters. The monoisotopic (exact) mass is 352 g/mol. The van der Waals surface area contributed by atoms with Gasteiger partial charge in [-0.15, -0.1) is 0 Å². The molecule has 5 heteroatoms. The van der Waals surface area contributed by atoms with Gasteiger partial charge in [-0.1, -0.05) is 68.5 Å². The van der Waals surface area contributed by atoms with Crippen LogP contribution in [0.25, 0.3) is 0 Å². The summed E-state index contributed by atoms with van der Waals surface area (Å²) in [7, 11) is -4.37. The third kappa shape index (κ3) is 6.19. The number of benzene rings is 2. The molecule has 0 aliphatic heterocycles. The van der Waals surface area contributed by atoms with E-state index in [1.165, 1.54) is 17.7 Å². The number of allylic oxidation sites excluding steroid dienone is 2. The van der Waals surface area contributed by atoms with Crippen LogP contribution >= 0.6 is 0 Å². The maximum Gasteiger partial charge on any atom is 1.00 e. The van der Waals surface area contributed by atoms with Gasteiger partial charge in [0.1, 0.15) is 10.1 Å². The molecule has 24 heavy (non-hydrogen) atoms. The van der Waals surface area contributed by atoms with Gasteiger partial charge < -0.3 is 4.55 Å². The summed E-state index contributed by atoms with van der Waals surface area (Å²) in [5.74, 6) is 0.619. The number of rotatable bonds is 6.